The third-order valence-corrected chi connectivity index (χ3v) is 4.22. The number of methoxy groups -OCH3 is 1. The van der Waals surface area contributed by atoms with Crippen molar-refractivity contribution in [3.63, 3.8) is 0 Å². The van der Waals surface area contributed by atoms with Crippen molar-refractivity contribution in [3.8, 4) is 5.75 Å². The highest BCUT2D eigenvalue weighted by molar-refractivity contribution is 5.94. The van der Waals surface area contributed by atoms with Crippen LogP contribution in [0.15, 0.2) is 36.7 Å². The molecule has 1 aromatic carbocycles. The van der Waals surface area contributed by atoms with Crippen LogP contribution in [0.3, 0.4) is 0 Å². The van der Waals surface area contributed by atoms with Gasteiger partial charge in [0.2, 0.25) is 0 Å². The molecule has 1 aromatic heterocycles. The van der Waals surface area contributed by atoms with E-state index in [0.717, 1.165) is 11.3 Å². The number of amides is 1. The predicted molar refractivity (Wildman–Crippen MR) is 85.7 cm³/mol. The van der Waals surface area contributed by atoms with Crippen molar-refractivity contribution in [1.29, 1.82) is 0 Å². The van der Waals surface area contributed by atoms with Crippen LogP contribution in [-0.4, -0.2) is 58.2 Å². The van der Waals surface area contributed by atoms with E-state index in [2.05, 4.69) is 5.10 Å². The Balaban J connectivity index is 1.69. The van der Waals surface area contributed by atoms with Crippen molar-refractivity contribution in [2.75, 3.05) is 20.3 Å². The maximum atomic E-state index is 13.5. The number of hydrogen-bond donors (Lipinski definition) is 1. The third-order valence-electron chi connectivity index (χ3n) is 4.22. The molecule has 0 bridgehead atoms. The molecule has 0 aliphatic carbocycles. The van der Waals surface area contributed by atoms with E-state index >= 15 is 0 Å². The monoisotopic (exact) mass is 333 g/mol. The highest BCUT2D eigenvalue weighted by atomic mass is 19.1. The molecule has 2 atom stereocenters. The fraction of sp³-hybridized carbons (Fsp3) is 0.412. The summed E-state index contributed by atoms with van der Waals surface area (Å²) in [5.74, 6) is 0.482. The number of aliphatic hydroxyl groups excluding tert-OH is 1. The number of aromatic nitrogens is 2. The first kappa shape index (κ1) is 16.4. The first-order valence-corrected chi connectivity index (χ1v) is 7.82. The molecule has 1 aliphatic rings. The Kier molecular flexibility index (Phi) is 4.80. The lowest BCUT2D eigenvalue weighted by Gasteiger charge is -2.21. The van der Waals surface area contributed by atoms with Gasteiger partial charge in [-0.25, -0.2) is 4.39 Å². The van der Waals surface area contributed by atoms with Gasteiger partial charge < -0.3 is 14.7 Å². The molecule has 0 unspecified atom stereocenters. The van der Waals surface area contributed by atoms with Gasteiger partial charge in [0.05, 0.1) is 44.6 Å². The van der Waals surface area contributed by atoms with Gasteiger partial charge in [0.1, 0.15) is 11.9 Å². The van der Waals surface area contributed by atoms with Crippen molar-refractivity contribution in [1.82, 2.24) is 14.7 Å². The molecular weight excluding hydrogens is 313 g/mol. The molecule has 0 spiro atoms. The molecule has 128 valence electrons. The van der Waals surface area contributed by atoms with E-state index in [4.69, 9.17) is 4.74 Å². The minimum Gasteiger partial charge on any atom is -0.497 e. The van der Waals surface area contributed by atoms with Gasteiger partial charge in [-0.15, -0.1) is 0 Å². The molecule has 7 heteroatoms. The Hall–Kier alpha value is -2.41. The largest absolute Gasteiger partial charge is 0.497 e. The van der Waals surface area contributed by atoms with Crippen molar-refractivity contribution in [2.24, 2.45) is 0 Å². The molecule has 0 saturated carbocycles. The molecule has 0 radical (unpaired) electrons. The number of carbonyl (C=O) groups excluding carboxylic acids is 1. The van der Waals surface area contributed by atoms with Crippen molar-refractivity contribution in [2.45, 2.75) is 25.2 Å². The van der Waals surface area contributed by atoms with E-state index in [-0.39, 0.29) is 25.5 Å². The smallest absolute Gasteiger partial charge is 0.257 e. The van der Waals surface area contributed by atoms with Crippen molar-refractivity contribution >= 4 is 5.91 Å². The van der Waals surface area contributed by atoms with Crippen LogP contribution in [0.1, 0.15) is 22.3 Å². The summed E-state index contributed by atoms with van der Waals surface area (Å²) in [7, 11) is 1.61. The Morgan fingerprint density at radius 3 is 2.83 bits per heavy atom. The SMILES string of the molecule is COc1ccc(Cn2cc(C(=O)N3C[C@@H](F)C[C@H]3CO)cn2)cc1. The average molecular weight is 333 g/mol. The number of benzene rings is 1. The van der Waals surface area contributed by atoms with Crippen LogP contribution in [0, 0.1) is 0 Å². The first-order valence-electron chi connectivity index (χ1n) is 7.82. The standard InChI is InChI=1S/C17H20FN3O3/c1-24-16-4-2-12(3-5-16)8-20-9-13(7-19-20)17(23)21-10-14(18)6-15(21)11-22/h2-5,7,9,14-15,22H,6,8,10-11H2,1H3/t14-,15-/m0/s1. The number of carbonyl (C=O) groups is 1. The summed E-state index contributed by atoms with van der Waals surface area (Å²) >= 11 is 0. The Bertz CT molecular complexity index is 701. The topological polar surface area (TPSA) is 67.6 Å². The fourth-order valence-electron chi connectivity index (χ4n) is 2.93. The number of aliphatic hydroxyl groups is 1. The number of likely N-dealkylation sites (tertiary alicyclic amines) is 1. The highest BCUT2D eigenvalue weighted by Crippen LogP contribution is 2.22. The van der Waals surface area contributed by atoms with Crippen LogP contribution in [0.4, 0.5) is 4.39 Å². The van der Waals surface area contributed by atoms with E-state index in [9.17, 15) is 14.3 Å². The van der Waals surface area contributed by atoms with Gasteiger partial charge >= 0.3 is 0 Å². The number of rotatable bonds is 5. The van der Waals surface area contributed by atoms with Gasteiger partial charge in [-0.1, -0.05) is 12.1 Å². The van der Waals surface area contributed by atoms with Gasteiger partial charge in [0.15, 0.2) is 0 Å². The van der Waals surface area contributed by atoms with Crippen LogP contribution in [-0.2, 0) is 6.54 Å². The van der Waals surface area contributed by atoms with E-state index in [1.165, 1.54) is 11.1 Å². The molecule has 6 nitrogen and oxygen atoms in total. The zero-order valence-electron chi connectivity index (χ0n) is 13.4. The minimum absolute atomic E-state index is 0.0215. The number of ether oxygens (including phenoxy) is 1. The van der Waals surface area contributed by atoms with E-state index in [1.54, 1.807) is 18.0 Å². The third kappa shape index (κ3) is 3.41. The number of alkyl halides is 1. The normalized spacial score (nSPS) is 20.4. The maximum absolute atomic E-state index is 13.5. The van der Waals surface area contributed by atoms with Crippen LogP contribution in [0.2, 0.25) is 0 Å². The molecule has 1 N–H and O–H groups in total. The molecule has 1 amide bonds. The van der Waals surface area contributed by atoms with E-state index in [0.29, 0.717) is 12.1 Å². The van der Waals surface area contributed by atoms with Gasteiger partial charge in [0, 0.05) is 12.6 Å². The molecule has 2 aromatic rings. The average Bonchev–Trinajstić information content (AvgIpc) is 3.21. The van der Waals surface area contributed by atoms with E-state index in [1.807, 2.05) is 24.3 Å². The van der Waals surface area contributed by atoms with Gasteiger partial charge in [0.25, 0.3) is 5.91 Å². The fourth-order valence-corrected chi connectivity index (χ4v) is 2.93. The Morgan fingerprint density at radius 1 is 1.42 bits per heavy atom. The first-order chi connectivity index (χ1) is 11.6. The van der Waals surface area contributed by atoms with Crippen LogP contribution in [0.5, 0.6) is 5.75 Å². The summed E-state index contributed by atoms with van der Waals surface area (Å²) in [4.78, 5) is 13.9. The maximum Gasteiger partial charge on any atom is 0.257 e. The second kappa shape index (κ2) is 7.00. The molecule has 3 rings (SSSR count). The van der Waals surface area contributed by atoms with Crippen molar-refractivity contribution in [3.05, 3.63) is 47.8 Å². The highest BCUT2D eigenvalue weighted by Gasteiger charge is 2.35. The quantitative estimate of drug-likeness (QED) is 0.900. The zero-order chi connectivity index (χ0) is 17.1. The lowest BCUT2D eigenvalue weighted by Crippen LogP contribution is -2.37. The molecule has 2 heterocycles. The minimum atomic E-state index is -1.08. The van der Waals surface area contributed by atoms with Crippen LogP contribution < -0.4 is 4.74 Å². The van der Waals surface area contributed by atoms with Crippen LogP contribution in [0.25, 0.3) is 0 Å². The second-order valence-electron chi connectivity index (χ2n) is 5.90. The Morgan fingerprint density at radius 2 is 2.17 bits per heavy atom. The summed E-state index contributed by atoms with van der Waals surface area (Å²) < 4.78 is 20.3. The summed E-state index contributed by atoms with van der Waals surface area (Å²) in [6, 6.07) is 7.12. The van der Waals surface area contributed by atoms with Gasteiger partial charge in [-0.3, -0.25) is 9.48 Å². The molecular formula is C17H20FN3O3. The van der Waals surface area contributed by atoms with Gasteiger partial charge in [-0.2, -0.15) is 5.10 Å². The predicted octanol–water partition coefficient (Wildman–Crippen LogP) is 1.48. The number of halogens is 1. The summed E-state index contributed by atoms with van der Waals surface area (Å²) in [5, 5.41) is 13.5. The molecule has 1 fully saturated rings. The summed E-state index contributed by atoms with van der Waals surface area (Å²) in [5.41, 5.74) is 1.42. The summed E-state index contributed by atoms with van der Waals surface area (Å²) in [6.07, 6.45) is 2.22. The Labute approximate surface area is 139 Å². The van der Waals surface area contributed by atoms with E-state index < -0.39 is 12.2 Å². The zero-order valence-corrected chi connectivity index (χ0v) is 13.4. The summed E-state index contributed by atoms with van der Waals surface area (Å²) in [6.45, 7) is 0.312. The van der Waals surface area contributed by atoms with Crippen LogP contribution >= 0.6 is 0 Å². The lowest BCUT2D eigenvalue weighted by molar-refractivity contribution is 0.0673. The molecule has 24 heavy (non-hydrogen) atoms. The molecule has 1 saturated heterocycles. The second-order valence-corrected chi connectivity index (χ2v) is 5.90. The molecule has 1 aliphatic heterocycles. The number of hydrogen-bond acceptors (Lipinski definition) is 4. The van der Waals surface area contributed by atoms with Crippen molar-refractivity contribution < 1.29 is 19.0 Å². The van der Waals surface area contributed by atoms with Gasteiger partial charge in [-0.05, 0) is 17.7 Å². The number of nitrogens with zero attached hydrogens (tertiary/aromatic N) is 3. The lowest BCUT2D eigenvalue weighted by atomic mass is 10.2.